The lowest BCUT2D eigenvalue weighted by molar-refractivity contribution is -0.113. The van der Waals surface area contributed by atoms with Gasteiger partial charge in [-0.1, -0.05) is 0 Å². The number of likely N-dealkylation sites (N-methyl/N-ethyl adjacent to an activating group) is 1. The van der Waals surface area contributed by atoms with Crippen molar-refractivity contribution in [1.82, 2.24) is 10.6 Å². The molecule has 0 aromatic rings. The summed E-state index contributed by atoms with van der Waals surface area (Å²) in [5.41, 5.74) is 0. The summed E-state index contributed by atoms with van der Waals surface area (Å²) in [5.74, 6) is 0. The highest BCUT2D eigenvalue weighted by Crippen LogP contribution is 2.04. The predicted octanol–water partition coefficient (Wildman–Crippen LogP) is -4.80. The average molecular weight is 300 g/mol. The molecule has 0 rings (SSSR count). The molecule has 0 aromatic heterocycles. The predicted molar refractivity (Wildman–Crippen MR) is 72.1 cm³/mol. The minimum Gasteiger partial charge on any atom is -0.395 e. The highest BCUT2D eigenvalue weighted by atomic mass is 16.4. The fourth-order valence-corrected chi connectivity index (χ4v) is 1.18. The maximum absolute atomic E-state index is 9.21. The van der Waals surface area contributed by atoms with Gasteiger partial charge in [-0.2, -0.15) is 0 Å². The van der Waals surface area contributed by atoms with Crippen LogP contribution in [0.1, 0.15) is 0 Å². The Hall–Kier alpha value is -0.360. The maximum atomic E-state index is 9.21. The van der Waals surface area contributed by atoms with Gasteiger partial charge in [-0.15, -0.1) is 0 Å². The Kier molecular flexibility index (Phi) is 16.5. The molecule has 9 heteroatoms. The summed E-state index contributed by atoms with van der Waals surface area (Å²) in [4.78, 5) is 0. The summed E-state index contributed by atoms with van der Waals surface area (Å²) in [5, 5.41) is 66.6. The Bertz CT molecular complexity index is 196. The van der Waals surface area contributed by atoms with E-state index in [4.69, 9.17) is 30.6 Å². The third-order valence-corrected chi connectivity index (χ3v) is 2.32. The molecule has 0 bridgehead atoms. The van der Waals surface area contributed by atoms with E-state index in [0.29, 0.717) is 13.1 Å². The molecule has 0 heterocycles. The van der Waals surface area contributed by atoms with Crippen LogP contribution in [-0.2, 0) is 0 Å². The van der Waals surface area contributed by atoms with Gasteiger partial charge < -0.3 is 46.4 Å². The van der Waals surface area contributed by atoms with Crippen molar-refractivity contribution in [1.29, 1.82) is 0 Å². The first-order valence-corrected chi connectivity index (χ1v) is 6.36. The van der Waals surface area contributed by atoms with Crippen LogP contribution in [-0.4, -0.2) is 107 Å². The van der Waals surface area contributed by atoms with Crippen molar-refractivity contribution in [3.8, 4) is 0 Å². The molecule has 0 aliphatic rings. The van der Waals surface area contributed by atoms with E-state index in [1.54, 1.807) is 7.05 Å². The Balaban J connectivity index is 0. The zero-order valence-electron chi connectivity index (χ0n) is 11.7. The van der Waals surface area contributed by atoms with E-state index in [0.717, 1.165) is 0 Å². The van der Waals surface area contributed by atoms with E-state index in [9.17, 15) is 5.11 Å². The molecule has 0 saturated heterocycles. The van der Waals surface area contributed by atoms with Crippen molar-refractivity contribution < 1.29 is 35.7 Å². The van der Waals surface area contributed by atoms with Crippen LogP contribution in [0.5, 0.6) is 0 Å². The van der Waals surface area contributed by atoms with Crippen LogP contribution < -0.4 is 10.6 Å². The molecule has 0 aliphatic carbocycles. The molecule has 0 radical (unpaired) electrons. The molecule has 9 N–H and O–H groups in total. The molecular formula is C11H28N2O7. The largest absolute Gasteiger partial charge is 0.395 e. The molecule has 9 nitrogen and oxygen atoms in total. The average Bonchev–Trinajstić information content (AvgIpc) is 2.46. The minimum atomic E-state index is -1.55. The van der Waals surface area contributed by atoms with Crippen molar-refractivity contribution >= 4 is 0 Å². The number of rotatable bonds is 10. The lowest BCUT2D eigenvalue weighted by Crippen LogP contribution is -2.48. The van der Waals surface area contributed by atoms with Crippen LogP contribution >= 0.6 is 0 Å². The van der Waals surface area contributed by atoms with Gasteiger partial charge in [0.05, 0.1) is 25.9 Å². The smallest absolute Gasteiger partial charge is 0.111 e. The van der Waals surface area contributed by atoms with Gasteiger partial charge in [-0.3, -0.25) is 0 Å². The van der Waals surface area contributed by atoms with Crippen LogP contribution in [0, 0.1) is 0 Å². The number of hydrogen-bond acceptors (Lipinski definition) is 9. The van der Waals surface area contributed by atoms with Gasteiger partial charge in [0, 0.05) is 19.6 Å². The number of aliphatic hydroxyl groups excluding tert-OH is 7. The fraction of sp³-hybridized carbons (Fsp3) is 1.00. The molecule has 0 unspecified atom stereocenters. The van der Waals surface area contributed by atoms with Crippen LogP contribution in [0.4, 0.5) is 0 Å². The van der Waals surface area contributed by atoms with Gasteiger partial charge in [-0.25, -0.2) is 0 Å². The van der Waals surface area contributed by atoms with Gasteiger partial charge in [0.2, 0.25) is 0 Å². The van der Waals surface area contributed by atoms with E-state index >= 15 is 0 Å². The summed E-state index contributed by atoms with van der Waals surface area (Å²) in [6, 6.07) is 0. The molecule has 4 atom stereocenters. The van der Waals surface area contributed by atoms with Crippen molar-refractivity contribution in [3.05, 3.63) is 0 Å². The summed E-state index contributed by atoms with van der Waals surface area (Å²) < 4.78 is 0. The molecule has 124 valence electrons. The first-order chi connectivity index (χ1) is 9.45. The number of aliphatic hydroxyl groups is 7. The summed E-state index contributed by atoms with van der Waals surface area (Å²) >= 11 is 0. The molecule has 0 amide bonds. The molecular weight excluding hydrogens is 272 g/mol. The standard InChI is InChI=1S/C7H17NO5.C4H11NO2/c1-8-2-4(10)6(12)7(13)5(11)3-9;6-3-1-5-2-4-7/h4-13H,2-3H2,1H3;5-7H,1-4H2/t4-,5+,6+,7+;/m0./s1. The van der Waals surface area contributed by atoms with Gasteiger partial charge in [0.25, 0.3) is 0 Å². The van der Waals surface area contributed by atoms with Gasteiger partial charge in [0.15, 0.2) is 0 Å². The zero-order chi connectivity index (χ0) is 16.0. The number of nitrogens with one attached hydrogen (secondary N) is 2. The van der Waals surface area contributed by atoms with Crippen LogP contribution in [0.25, 0.3) is 0 Å². The first-order valence-electron chi connectivity index (χ1n) is 6.36. The van der Waals surface area contributed by atoms with Crippen LogP contribution in [0.15, 0.2) is 0 Å². The second-order valence-corrected chi connectivity index (χ2v) is 4.05. The second-order valence-electron chi connectivity index (χ2n) is 4.05. The van der Waals surface area contributed by atoms with Gasteiger partial charge in [-0.05, 0) is 7.05 Å². The van der Waals surface area contributed by atoms with Gasteiger partial charge >= 0.3 is 0 Å². The Labute approximate surface area is 118 Å². The van der Waals surface area contributed by atoms with Crippen LogP contribution in [0.3, 0.4) is 0 Å². The van der Waals surface area contributed by atoms with E-state index in [2.05, 4.69) is 10.6 Å². The SMILES string of the molecule is CNC[C@H](O)[C@@H](O)[C@H](O)[C@H](O)CO.OCCNCCO. The summed E-state index contributed by atoms with van der Waals surface area (Å²) in [6.07, 6.45) is -5.65. The normalized spacial score (nSPS) is 16.8. The molecule has 20 heavy (non-hydrogen) atoms. The maximum Gasteiger partial charge on any atom is 0.111 e. The Morgan fingerprint density at radius 2 is 1.25 bits per heavy atom. The fourth-order valence-electron chi connectivity index (χ4n) is 1.18. The van der Waals surface area contributed by atoms with Crippen molar-refractivity contribution in [2.24, 2.45) is 0 Å². The first kappa shape index (κ1) is 21.9. The number of hydrogen-bond donors (Lipinski definition) is 9. The molecule has 0 aliphatic heterocycles. The highest BCUT2D eigenvalue weighted by Gasteiger charge is 2.29. The zero-order valence-corrected chi connectivity index (χ0v) is 11.7. The third-order valence-electron chi connectivity index (χ3n) is 2.32. The second kappa shape index (κ2) is 15.0. The lowest BCUT2D eigenvalue weighted by atomic mass is 10.0. The Morgan fingerprint density at radius 1 is 0.800 bits per heavy atom. The third kappa shape index (κ3) is 11.5. The summed E-state index contributed by atoms with van der Waals surface area (Å²) in [6.45, 7) is 0.849. The molecule has 0 spiro atoms. The minimum absolute atomic E-state index is 0.0936. The van der Waals surface area contributed by atoms with Crippen molar-refractivity contribution in [2.75, 3.05) is 46.5 Å². The van der Waals surface area contributed by atoms with Crippen molar-refractivity contribution in [2.45, 2.75) is 24.4 Å². The molecule has 0 saturated carbocycles. The van der Waals surface area contributed by atoms with E-state index < -0.39 is 31.0 Å². The Morgan fingerprint density at radius 3 is 1.60 bits per heavy atom. The monoisotopic (exact) mass is 300 g/mol. The quantitative estimate of drug-likeness (QED) is 0.180. The summed E-state index contributed by atoms with van der Waals surface area (Å²) in [7, 11) is 1.57. The van der Waals surface area contributed by atoms with Crippen molar-refractivity contribution in [3.63, 3.8) is 0 Å². The topological polar surface area (TPSA) is 166 Å². The van der Waals surface area contributed by atoms with E-state index in [1.165, 1.54) is 0 Å². The van der Waals surface area contributed by atoms with E-state index in [-0.39, 0.29) is 19.8 Å². The van der Waals surface area contributed by atoms with E-state index in [1.807, 2.05) is 0 Å². The molecule has 0 aromatic carbocycles. The lowest BCUT2D eigenvalue weighted by Gasteiger charge is -2.25. The van der Waals surface area contributed by atoms with Crippen LogP contribution in [0.2, 0.25) is 0 Å². The molecule has 0 fully saturated rings. The van der Waals surface area contributed by atoms with Gasteiger partial charge in [0.1, 0.15) is 18.3 Å². The highest BCUT2D eigenvalue weighted by molar-refractivity contribution is 4.81.